The molecule has 0 aromatic heterocycles. The van der Waals surface area contributed by atoms with E-state index in [4.69, 9.17) is 34.0 Å². The number of para-hydroxylation sites is 1. The number of benzene rings is 2. The zero-order valence-corrected chi connectivity index (χ0v) is 20.3. The van der Waals surface area contributed by atoms with E-state index in [0.29, 0.717) is 36.6 Å². The number of hydrogen-bond donors (Lipinski definition) is 5. The second kappa shape index (κ2) is 16.3. The highest BCUT2D eigenvalue weighted by molar-refractivity contribution is 6.27. The molecule has 10 heteroatoms. The van der Waals surface area contributed by atoms with E-state index in [2.05, 4.69) is 12.2 Å². The number of carbonyl (C=O) groups is 2. The van der Waals surface area contributed by atoms with E-state index in [-0.39, 0.29) is 6.61 Å². The molecule has 2 rings (SSSR count). The zero-order chi connectivity index (χ0) is 26.2. The minimum atomic E-state index is -1.82. The maximum absolute atomic E-state index is 10.7. The van der Waals surface area contributed by atoms with Crippen LogP contribution < -0.4 is 19.5 Å². The highest BCUT2D eigenvalue weighted by atomic mass is 16.5. The third kappa shape index (κ3) is 11.1. The number of carboxylic acids is 2. The summed E-state index contributed by atoms with van der Waals surface area (Å²) in [7, 11) is 3.21. The van der Waals surface area contributed by atoms with Gasteiger partial charge in [-0.25, -0.2) is 9.59 Å². The molecule has 0 aliphatic rings. The number of aryl methyl sites for hydroxylation is 1. The second-order valence-corrected chi connectivity index (χ2v) is 7.56. The van der Waals surface area contributed by atoms with E-state index < -0.39 is 24.1 Å². The largest absolute Gasteiger partial charge is 0.493 e. The summed E-state index contributed by atoms with van der Waals surface area (Å²) in [6, 6.07) is 13.2. The molecule has 0 fully saturated rings. The maximum atomic E-state index is 10.7. The molecule has 2 atom stereocenters. The monoisotopic (exact) mass is 493 g/mol. The summed E-state index contributed by atoms with van der Waals surface area (Å²) >= 11 is 0. The standard InChI is InChI=1S/C23H33NO5.C2H2O4/c1-4-13-24-15-18(25)16-29-21-8-6-5-7-19(21)20(26)11-9-17-10-12-22(27-2)23(14-17)28-3;3-1(4)2(5)6/h5-8,10,12,14,18,20,24-26H,4,9,11,13,15-16H2,1-3H3;(H,3,4)(H,5,6). The Morgan fingerprint density at radius 1 is 0.943 bits per heavy atom. The van der Waals surface area contributed by atoms with E-state index in [0.717, 1.165) is 24.1 Å². The van der Waals surface area contributed by atoms with Crippen molar-refractivity contribution >= 4 is 11.9 Å². The first kappa shape index (κ1) is 29.7. The highest BCUT2D eigenvalue weighted by Crippen LogP contribution is 2.31. The third-order valence-electron chi connectivity index (χ3n) is 4.85. The number of aliphatic hydroxyl groups excluding tert-OH is 2. The van der Waals surface area contributed by atoms with Gasteiger partial charge in [-0.05, 0) is 49.6 Å². The fourth-order valence-corrected chi connectivity index (χ4v) is 3.07. The van der Waals surface area contributed by atoms with Crippen LogP contribution in [0.15, 0.2) is 42.5 Å². The molecule has 0 radical (unpaired) electrons. The van der Waals surface area contributed by atoms with Gasteiger partial charge in [-0.3, -0.25) is 0 Å². The number of hydrogen-bond acceptors (Lipinski definition) is 8. The van der Waals surface area contributed by atoms with Crippen molar-refractivity contribution in [3.63, 3.8) is 0 Å². The molecule has 0 aliphatic carbocycles. The first-order valence-corrected chi connectivity index (χ1v) is 11.2. The zero-order valence-electron chi connectivity index (χ0n) is 20.3. The number of carboxylic acid groups (broad SMARTS) is 2. The van der Waals surface area contributed by atoms with Crippen LogP contribution in [0.3, 0.4) is 0 Å². The van der Waals surface area contributed by atoms with Gasteiger partial charge >= 0.3 is 11.9 Å². The Morgan fingerprint density at radius 3 is 2.20 bits per heavy atom. The van der Waals surface area contributed by atoms with Crippen LogP contribution >= 0.6 is 0 Å². The third-order valence-corrected chi connectivity index (χ3v) is 4.85. The smallest absolute Gasteiger partial charge is 0.414 e. The van der Waals surface area contributed by atoms with Crippen molar-refractivity contribution in [2.75, 3.05) is 33.9 Å². The molecule has 194 valence electrons. The predicted molar refractivity (Wildman–Crippen MR) is 129 cm³/mol. The van der Waals surface area contributed by atoms with Crippen LogP contribution in [0.25, 0.3) is 0 Å². The molecule has 35 heavy (non-hydrogen) atoms. The van der Waals surface area contributed by atoms with E-state index in [1.807, 2.05) is 42.5 Å². The average Bonchev–Trinajstić information content (AvgIpc) is 2.86. The number of ether oxygens (including phenoxy) is 3. The lowest BCUT2D eigenvalue weighted by molar-refractivity contribution is -0.159. The van der Waals surface area contributed by atoms with Crippen LogP contribution in [0.5, 0.6) is 17.2 Å². The van der Waals surface area contributed by atoms with Gasteiger partial charge < -0.3 is 40.0 Å². The summed E-state index contributed by atoms with van der Waals surface area (Å²) in [5, 5.41) is 38.7. The molecule has 0 heterocycles. The van der Waals surface area contributed by atoms with Crippen molar-refractivity contribution in [3.8, 4) is 17.2 Å². The molecule has 0 spiro atoms. The van der Waals surface area contributed by atoms with Crippen LogP contribution in [0.4, 0.5) is 0 Å². The number of aliphatic hydroxyl groups is 2. The van der Waals surface area contributed by atoms with Gasteiger partial charge in [0.15, 0.2) is 11.5 Å². The summed E-state index contributed by atoms with van der Waals surface area (Å²) < 4.78 is 16.4. The molecule has 0 bridgehead atoms. The Hall–Kier alpha value is -3.34. The van der Waals surface area contributed by atoms with Gasteiger partial charge in [0, 0.05) is 12.1 Å². The molecule has 2 aromatic carbocycles. The molecule has 0 saturated heterocycles. The van der Waals surface area contributed by atoms with Gasteiger partial charge in [-0.15, -0.1) is 0 Å². The lowest BCUT2D eigenvalue weighted by Crippen LogP contribution is -2.32. The first-order valence-electron chi connectivity index (χ1n) is 11.2. The Morgan fingerprint density at radius 2 is 1.60 bits per heavy atom. The van der Waals surface area contributed by atoms with Gasteiger partial charge in [0.05, 0.1) is 20.3 Å². The predicted octanol–water partition coefficient (Wildman–Crippen LogP) is 2.26. The number of rotatable bonds is 13. The summed E-state index contributed by atoms with van der Waals surface area (Å²) in [6.45, 7) is 3.60. The van der Waals surface area contributed by atoms with Crippen LogP contribution in [0.2, 0.25) is 0 Å². The Labute approximate surface area is 205 Å². The molecule has 2 unspecified atom stereocenters. The van der Waals surface area contributed by atoms with Crippen molar-refractivity contribution in [2.24, 2.45) is 0 Å². The second-order valence-electron chi connectivity index (χ2n) is 7.56. The van der Waals surface area contributed by atoms with Crippen molar-refractivity contribution in [1.82, 2.24) is 5.32 Å². The van der Waals surface area contributed by atoms with Crippen LogP contribution in [0.1, 0.15) is 37.0 Å². The normalized spacial score (nSPS) is 12.0. The number of aliphatic carboxylic acids is 2. The molecular weight excluding hydrogens is 458 g/mol. The topological polar surface area (TPSA) is 155 Å². The van der Waals surface area contributed by atoms with E-state index in [1.54, 1.807) is 14.2 Å². The average molecular weight is 494 g/mol. The minimum Gasteiger partial charge on any atom is -0.493 e. The van der Waals surface area contributed by atoms with Gasteiger partial charge in [0.25, 0.3) is 0 Å². The van der Waals surface area contributed by atoms with Crippen molar-refractivity contribution < 1.29 is 44.2 Å². The lowest BCUT2D eigenvalue weighted by atomic mass is 10.0. The van der Waals surface area contributed by atoms with E-state index >= 15 is 0 Å². The Bertz CT molecular complexity index is 908. The van der Waals surface area contributed by atoms with Crippen molar-refractivity contribution in [2.45, 2.75) is 38.4 Å². The first-order chi connectivity index (χ1) is 16.7. The maximum Gasteiger partial charge on any atom is 0.414 e. The summed E-state index contributed by atoms with van der Waals surface area (Å²) in [5.74, 6) is -1.69. The van der Waals surface area contributed by atoms with Gasteiger partial charge in [-0.2, -0.15) is 0 Å². The summed E-state index contributed by atoms with van der Waals surface area (Å²) in [5.41, 5.74) is 1.78. The molecular formula is C25H35NO9. The summed E-state index contributed by atoms with van der Waals surface area (Å²) in [6.07, 6.45) is 0.964. The minimum absolute atomic E-state index is 0.177. The van der Waals surface area contributed by atoms with Gasteiger partial charge in [0.1, 0.15) is 18.5 Å². The molecule has 0 saturated carbocycles. The fraction of sp³-hybridized carbons (Fsp3) is 0.440. The van der Waals surface area contributed by atoms with Crippen LogP contribution in [-0.2, 0) is 16.0 Å². The summed E-state index contributed by atoms with van der Waals surface area (Å²) in [4.78, 5) is 18.2. The molecule has 10 nitrogen and oxygen atoms in total. The SMILES string of the molecule is CCCNCC(O)COc1ccccc1C(O)CCc1ccc(OC)c(OC)c1.O=C(O)C(=O)O. The van der Waals surface area contributed by atoms with Crippen LogP contribution in [0, 0.1) is 0 Å². The Kier molecular flexibility index (Phi) is 13.8. The number of methoxy groups -OCH3 is 2. The van der Waals surface area contributed by atoms with Crippen LogP contribution in [-0.4, -0.2) is 72.4 Å². The molecule has 0 aliphatic heterocycles. The van der Waals surface area contributed by atoms with Gasteiger partial charge in [0.2, 0.25) is 0 Å². The molecule has 2 aromatic rings. The highest BCUT2D eigenvalue weighted by Gasteiger charge is 2.15. The van der Waals surface area contributed by atoms with E-state index in [1.165, 1.54) is 0 Å². The lowest BCUT2D eigenvalue weighted by Gasteiger charge is -2.18. The molecule has 0 amide bonds. The van der Waals surface area contributed by atoms with E-state index in [9.17, 15) is 10.2 Å². The Balaban J connectivity index is 0.000000905. The molecule has 5 N–H and O–H groups in total. The number of nitrogens with one attached hydrogen (secondary N) is 1. The van der Waals surface area contributed by atoms with Crippen molar-refractivity contribution in [1.29, 1.82) is 0 Å². The van der Waals surface area contributed by atoms with Gasteiger partial charge in [-0.1, -0.05) is 31.2 Å². The van der Waals surface area contributed by atoms with Crippen molar-refractivity contribution in [3.05, 3.63) is 53.6 Å². The quantitative estimate of drug-likeness (QED) is 0.207. The fourth-order valence-electron chi connectivity index (χ4n) is 3.07.